The summed E-state index contributed by atoms with van der Waals surface area (Å²) in [4.78, 5) is 14.5. The summed E-state index contributed by atoms with van der Waals surface area (Å²) in [7, 11) is 0. The number of piperazine rings is 1. The highest BCUT2D eigenvalue weighted by Crippen LogP contribution is 2.33. The fraction of sp³-hybridized carbons (Fsp3) is 0.370. The number of benzene rings is 1. The minimum absolute atomic E-state index is 0.521. The topological polar surface area (TPSA) is 84.5 Å². The van der Waals surface area contributed by atoms with Gasteiger partial charge < -0.3 is 14.7 Å². The Bertz CT molecular complexity index is 1510. The van der Waals surface area contributed by atoms with Crippen LogP contribution in [-0.4, -0.2) is 79.8 Å². The van der Waals surface area contributed by atoms with Gasteiger partial charge in [-0.05, 0) is 66.0 Å². The van der Waals surface area contributed by atoms with Crippen LogP contribution in [0.25, 0.3) is 22.7 Å². The number of aliphatic hydroxyl groups is 1. The molecule has 2 fully saturated rings. The molecule has 2 aliphatic rings. The lowest BCUT2D eigenvalue weighted by atomic mass is 10.1. The van der Waals surface area contributed by atoms with E-state index in [4.69, 9.17) is 21.1 Å². The molecule has 1 atom stereocenters. The molecular weight excluding hydrogens is 534 g/mol. The molecule has 10 heteroatoms. The van der Waals surface area contributed by atoms with Crippen molar-refractivity contribution in [3.8, 4) is 24.0 Å². The van der Waals surface area contributed by atoms with Gasteiger partial charge in [0.05, 0.1) is 42.1 Å². The van der Waals surface area contributed by atoms with E-state index >= 15 is 0 Å². The number of terminal acetylenes is 1. The van der Waals surface area contributed by atoms with Crippen molar-refractivity contribution in [2.24, 2.45) is 0 Å². The van der Waals surface area contributed by atoms with Gasteiger partial charge >= 0.3 is 0 Å². The van der Waals surface area contributed by atoms with Gasteiger partial charge in [-0.2, -0.15) is 5.10 Å². The number of aromatic nitrogens is 5. The Hall–Kier alpha value is -3.23. The molecule has 1 N–H and O–H groups in total. The van der Waals surface area contributed by atoms with Gasteiger partial charge in [0, 0.05) is 41.9 Å². The number of anilines is 1. The molecule has 2 aliphatic heterocycles. The van der Waals surface area contributed by atoms with Crippen LogP contribution in [0.4, 0.5) is 5.69 Å². The van der Waals surface area contributed by atoms with Crippen molar-refractivity contribution >= 4 is 32.7 Å². The second-order valence-corrected chi connectivity index (χ2v) is 10.5. The minimum Gasteiger partial charge on any atom is -0.389 e. The molecule has 1 aromatic carbocycles. The number of fused-ring (bicyclic) bond motifs is 1. The minimum atomic E-state index is -0.719. The normalized spacial score (nSPS) is 17.6. The van der Waals surface area contributed by atoms with E-state index < -0.39 is 6.10 Å². The largest absolute Gasteiger partial charge is 0.389 e. The number of hydrogen-bond acceptors (Lipinski definition) is 7. The molecule has 6 rings (SSSR count). The molecule has 1 unspecified atom stereocenters. The van der Waals surface area contributed by atoms with E-state index in [-0.39, 0.29) is 0 Å². The van der Waals surface area contributed by atoms with Crippen LogP contribution in [0.3, 0.4) is 0 Å². The van der Waals surface area contributed by atoms with Crippen molar-refractivity contribution in [1.82, 2.24) is 29.2 Å². The maximum Gasteiger partial charge on any atom is 0.161 e. The average Bonchev–Trinajstić information content (AvgIpc) is 3.45. The van der Waals surface area contributed by atoms with Crippen LogP contribution in [0, 0.1) is 19.3 Å². The van der Waals surface area contributed by atoms with Crippen LogP contribution < -0.4 is 4.90 Å². The fourth-order valence-corrected chi connectivity index (χ4v) is 5.63. The molecule has 0 spiro atoms. The first-order valence-electron chi connectivity index (χ1n) is 12.4. The standard InChI is InChI=1S/C27H28BrN7O2/c1-4-19-11-17(2)35(31-19)27-21(18(3)36)5-6-26(30-27)34-16-29-23-13-24(22(28)12-25(23)34)33-9-7-32(8-10-33)20-14-37-15-20/h1,5-6,11-13,16,18,20,36H,7-10,14-15H2,2-3H3. The van der Waals surface area contributed by atoms with Crippen molar-refractivity contribution in [3.63, 3.8) is 0 Å². The maximum absolute atomic E-state index is 10.4. The Balaban J connectivity index is 1.34. The number of hydrogen-bond donors (Lipinski definition) is 1. The Labute approximate surface area is 223 Å². The van der Waals surface area contributed by atoms with E-state index in [1.807, 2.05) is 29.7 Å². The highest BCUT2D eigenvalue weighted by Gasteiger charge is 2.29. The monoisotopic (exact) mass is 561 g/mol. The molecule has 0 bridgehead atoms. The third-order valence-electron chi connectivity index (χ3n) is 7.23. The number of nitrogens with zero attached hydrogens (tertiary/aromatic N) is 7. The predicted molar refractivity (Wildman–Crippen MR) is 145 cm³/mol. The van der Waals surface area contributed by atoms with E-state index in [9.17, 15) is 5.11 Å². The number of imidazole rings is 1. The molecule has 0 saturated carbocycles. The van der Waals surface area contributed by atoms with Gasteiger partial charge in [0.1, 0.15) is 17.8 Å². The average molecular weight is 562 g/mol. The van der Waals surface area contributed by atoms with Gasteiger partial charge in [0.25, 0.3) is 0 Å². The lowest BCUT2D eigenvalue weighted by molar-refractivity contribution is -0.0660. The molecule has 4 aromatic rings. The zero-order valence-electron chi connectivity index (χ0n) is 20.8. The third kappa shape index (κ3) is 4.32. The van der Waals surface area contributed by atoms with E-state index in [0.29, 0.717) is 28.9 Å². The molecule has 0 radical (unpaired) electrons. The first kappa shape index (κ1) is 24.1. The van der Waals surface area contributed by atoms with Gasteiger partial charge in [-0.3, -0.25) is 9.47 Å². The quantitative estimate of drug-likeness (QED) is 0.374. The molecule has 9 nitrogen and oxygen atoms in total. The number of aliphatic hydroxyl groups excluding tert-OH is 1. The predicted octanol–water partition coefficient (Wildman–Crippen LogP) is 3.23. The molecule has 0 amide bonds. The highest BCUT2D eigenvalue weighted by atomic mass is 79.9. The smallest absolute Gasteiger partial charge is 0.161 e. The first-order chi connectivity index (χ1) is 17.9. The summed E-state index contributed by atoms with van der Waals surface area (Å²) in [6.07, 6.45) is 6.63. The highest BCUT2D eigenvalue weighted by molar-refractivity contribution is 9.10. The van der Waals surface area contributed by atoms with Crippen LogP contribution in [0.15, 0.2) is 41.1 Å². The summed E-state index contributed by atoms with van der Waals surface area (Å²) < 4.78 is 10.0. The SMILES string of the molecule is C#Cc1cc(C)n(-c2nc(-n3cnc4cc(N5CCN(C6COC6)CC5)c(Br)cc43)ccc2C(C)O)n1. The van der Waals surface area contributed by atoms with E-state index in [1.54, 1.807) is 17.9 Å². The van der Waals surface area contributed by atoms with E-state index in [2.05, 4.69) is 48.9 Å². The van der Waals surface area contributed by atoms with Gasteiger partial charge in [0.15, 0.2) is 5.82 Å². The lowest BCUT2D eigenvalue weighted by Crippen LogP contribution is -2.56. The molecule has 5 heterocycles. The summed E-state index contributed by atoms with van der Waals surface area (Å²) in [5.41, 5.74) is 5.00. The zero-order chi connectivity index (χ0) is 25.7. The van der Waals surface area contributed by atoms with Gasteiger partial charge in [0.2, 0.25) is 0 Å². The van der Waals surface area contributed by atoms with Gasteiger partial charge in [-0.25, -0.2) is 14.6 Å². The summed E-state index contributed by atoms with van der Waals surface area (Å²) in [6.45, 7) is 9.34. The Morgan fingerprint density at radius 2 is 1.95 bits per heavy atom. The molecule has 37 heavy (non-hydrogen) atoms. The Morgan fingerprint density at radius 1 is 1.16 bits per heavy atom. The van der Waals surface area contributed by atoms with Crippen molar-refractivity contribution in [3.05, 3.63) is 58.1 Å². The van der Waals surface area contributed by atoms with E-state index in [1.165, 1.54) is 0 Å². The Kier molecular flexibility index (Phi) is 6.24. The fourth-order valence-electron chi connectivity index (χ4n) is 5.04. The van der Waals surface area contributed by atoms with E-state index in [0.717, 1.165) is 66.3 Å². The van der Waals surface area contributed by atoms with Crippen LogP contribution >= 0.6 is 15.9 Å². The number of rotatable bonds is 5. The van der Waals surface area contributed by atoms with Crippen molar-refractivity contribution < 1.29 is 9.84 Å². The summed E-state index contributed by atoms with van der Waals surface area (Å²) in [5.74, 6) is 3.79. The lowest BCUT2D eigenvalue weighted by Gasteiger charge is -2.43. The molecule has 0 aliphatic carbocycles. The van der Waals surface area contributed by atoms with Crippen LogP contribution in [0.2, 0.25) is 0 Å². The molecule has 190 valence electrons. The number of pyridine rings is 1. The molecule has 3 aromatic heterocycles. The van der Waals surface area contributed by atoms with Crippen molar-refractivity contribution in [2.45, 2.75) is 26.0 Å². The van der Waals surface area contributed by atoms with Gasteiger partial charge in [-0.15, -0.1) is 6.42 Å². The molecule has 2 saturated heterocycles. The second kappa shape index (κ2) is 9.58. The Morgan fingerprint density at radius 3 is 2.59 bits per heavy atom. The van der Waals surface area contributed by atoms with Crippen LogP contribution in [0.1, 0.15) is 30.0 Å². The van der Waals surface area contributed by atoms with Crippen molar-refractivity contribution in [1.29, 1.82) is 0 Å². The number of ether oxygens (including phenoxy) is 1. The van der Waals surface area contributed by atoms with Crippen molar-refractivity contribution in [2.75, 3.05) is 44.3 Å². The molecular formula is C27H28BrN7O2. The second-order valence-electron chi connectivity index (χ2n) is 9.61. The third-order valence-corrected chi connectivity index (χ3v) is 7.87. The summed E-state index contributed by atoms with van der Waals surface area (Å²) in [5, 5.41) is 14.9. The summed E-state index contributed by atoms with van der Waals surface area (Å²) >= 11 is 3.81. The number of halogens is 1. The van der Waals surface area contributed by atoms with Gasteiger partial charge in [-0.1, -0.05) is 0 Å². The van der Waals surface area contributed by atoms with Crippen LogP contribution in [0.5, 0.6) is 0 Å². The number of aryl methyl sites for hydroxylation is 1. The van der Waals surface area contributed by atoms with Crippen LogP contribution in [-0.2, 0) is 4.74 Å². The summed E-state index contributed by atoms with van der Waals surface area (Å²) in [6, 6.07) is 10.4. The first-order valence-corrected chi connectivity index (χ1v) is 13.2. The maximum atomic E-state index is 10.4. The zero-order valence-corrected chi connectivity index (χ0v) is 22.4.